The number of rotatable bonds is 6. The molecular weight excluding hydrogens is 156 g/mol. The van der Waals surface area contributed by atoms with Gasteiger partial charge in [0, 0.05) is 5.71 Å². The fraction of sp³-hybridized carbons (Fsp3) is 0.750. The molecule has 0 bridgehead atoms. The lowest BCUT2D eigenvalue weighted by Crippen LogP contribution is -2.29. The predicted molar refractivity (Wildman–Crippen MR) is 47.5 cm³/mol. The van der Waals surface area contributed by atoms with E-state index in [0.29, 0.717) is 12.1 Å². The quantitative estimate of drug-likeness (QED) is 0.412. The van der Waals surface area contributed by atoms with Gasteiger partial charge in [0.2, 0.25) is 0 Å². The van der Waals surface area contributed by atoms with Crippen molar-refractivity contribution in [3.8, 4) is 0 Å². The molecule has 0 spiro atoms. The monoisotopic (exact) mass is 172 g/mol. The second kappa shape index (κ2) is 5.71. The zero-order valence-electron chi connectivity index (χ0n) is 7.34. The molecule has 0 heterocycles. The SMILES string of the molecule is CC(=N)CCCC[C@H](N)C(=O)O. The normalized spacial score (nSPS) is 12.5. The van der Waals surface area contributed by atoms with Crippen molar-refractivity contribution >= 4 is 11.7 Å². The standard InChI is InChI=1S/C8H16N2O2/c1-6(9)4-2-3-5-7(10)8(11)12/h7,9H,2-5,10H2,1H3,(H,11,12)/t7-/m0/s1. The largest absolute Gasteiger partial charge is 0.480 e. The van der Waals surface area contributed by atoms with Crippen LogP contribution >= 0.6 is 0 Å². The van der Waals surface area contributed by atoms with Crippen molar-refractivity contribution in [2.45, 2.75) is 38.6 Å². The molecule has 0 aromatic carbocycles. The van der Waals surface area contributed by atoms with E-state index >= 15 is 0 Å². The van der Waals surface area contributed by atoms with Crippen LogP contribution in [0.2, 0.25) is 0 Å². The number of carboxylic acid groups (broad SMARTS) is 1. The van der Waals surface area contributed by atoms with Crippen LogP contribution in [-0.4, -0.2) is 22.8 Å². The maximum Gasteiger partial charge on any atom is 0.320 e. The lowest BCUT2D eigenvalue weighted by molar-refractivity contribution is -0.138. The van der Waals surface area contributed by atoms with Crippen LogP contribution in [0.1, 0.15) is 32.6 Å². The van der Waals surface area contributed by atoms with Gasteiger partial charge in [0.25, 0.3) is 0 Å². The summed E-state index contributed by atoms with van der Waals surface area (Å²) in [7, 11) is 0. The molecule has 0 saturated heterocycles. The average molecular weight is 172 g/mol. The van der Waals surface area contributed by atoms with E-state index in [1.54, 1.807) is 6.92 Å². The summed E-state index contributed by atoms with van der Waals surface area (Å²) >= 11 is 0. The Hall–Kier alpha value is -0.900. The molecule has 4 heteroatoms. The van der Waals surface area contributed by atoms with Crippen molar-refractivity contribution in [3.05, 3.63) is 0 Å². The molecule has 0 aliphatic rings. The molecule has 0 saturated carbocycles. The highest BCUT2D eigenvalue weighted by Crippen LogP contribution is 2.02. The summed E-state index contributed by atoms with van der Waals surface area (Å²) in [5.41, 5.74) is 5.92. The number of nitrogens with two attached hydrogens (primary N) is 1. The molecule has 12 heavy (non-hydrogen) atoms. The summed E-state index contributed by atoms with van der Waals surface area (Å²) in [5.74, 6) is -0.943. The maximum absolute atomic E-state index is 10.3. The highest BCUT2D eigenvalue weighted by atomic mass is 16.4. The third kappa shape index (κ3) is 5.85. The number of carboxylic acids is 1. The van der Waals surface area contributed by atoms with Crippen LogP contribution in [0.4, 0.5) is 0 Å². The number of aliphatic carboxylic acids is 1. The van der Waals surface area contributed by atoms with Crippen molar-refractivity contribution in [1.29, 1.82) is 5.41 Å². The van der Waals surface area contributed by atoms with Crippen molar-refractivity contribution in [2.24, 2.45) is 5.73 Å². The molecule has 1 atom stereocenters. The minimum atomic E-state index is -0.943. The Balaban J connectivity index is 3.31. The van der Waals surface area contributed by atoms with Gasteiger partial charge in [-0.3, -0.25) is 4.79 Å². The molecule has 0 rings (SSSR count). The summed E-state index contributed by atoms with van der Waals surface area (Å²) in [6.07, 6.45) is 2.88. The van der Waals surface area contributed by atoms with Crippen molar-refractivity contribution in [2.75, 3.05) is 0 Å². The third-order valence-corrected chi connectivity index (χ3v) is 1.63. The summed E-state index contributed by atoms with van der Waals surface area (Å²) in [6, 6.07) is -0.740. The molecule has 4 nitrogen and oxygen atoms in total. The zero-order chi connectivity index (χ0) is 9.56. The Bertz CT molecular complexity index is 168. The Morgan fingerprint density at radius 1 is 1.58 bits per heavy atom. The Morgan fingerprint density at radius 3 is 2.58 bits per heavy atom. The molecular formula is C8H16N2O2. The van der Waals surface area contributed by atoms with E-state index < -0.39 is 12.0 Å². The van der Waals surface area contributed by atoms with Crippen LogP contribution in [0, 0.1) is 5.41 Å². The topological polar surface area (TPSA) is 87.2 Å². The number of hydrogen-bond donors (Lipinski definition) is 3. The van der Waals surface area contributed by atoms with Gasteiger partial charge in [-0.2, -0.15) is 0 Å². The molecule has 0 amide bonds. The summed E-state index contributed by atoms with van der Waals surface area (Å²) in [5, 5.41) is 15.5. The number of carbonyl (C=O) groups is 1. The first kappa shape index (κ1) is 11.1. The third-order valence-electron chi connectivity index (χ3n) is 1.63. The first-order valence-electron chi connectivity index (χ1n) is 4.06. The second-order valence-electron chi connectivity index (χ2n) is 2.97. The van der Waals surface area contributed by atoms with Crippen molar-refractivity contribution < 1.29 is 9.90 Å². The van der Waals surface area contributed by atoms with E-state index in [0.717, 1.165) is 19.3 Å². The van der Waals surface area contributed by atoms with E-state index in [9.17, 15) is 4.79 Å². The van der Waals surface area contributed by atoms with Gasteiger partial charge in [-0.15, -0.1) is 0 Å². The van der Waals surface area contributed by atoms with Crippen molar-refractivity contribution in [1.82, 2.24) is 0 Å². The van der Waals surface area contributed by atoms with E-state index in [2.05, 4.69) is 0 Å². The first-order chi connectivity index (χ1) is 5.54. The molecule has 0 radical (unpaired) electrons. The van der Waals surface area contributed by atoms with Gasteiger partial charge >= 0.3 is 5.97 Å². The van der Waals surface area contributed by atoms with E-state index in [4.69, 9.17) is 16.2 Å². The summed E-state index contributed by atoms with van der Waals surface area (Å²) < 4.78 is 0. The summed E-state index contributed by atoms with van der Waals surface area (Å²) in [6.45, 7) is 1.75. The second-order valence-corrected chi connectivity index (χ2v) is 2.97. The Labute approximate surface area is 72.3 Å². The number of nitrogens with one attached hydrogen (secondary N) is 1. The maximum atomic E-state index is 10.3. The molecule has 0 aromatic rings. The van der Waals surface area contributed by atoms with E-state index in [1.165, 1.54) is 0 Å². The smallest absolute Gasteiger partial charge is 0.320 e. The minimum absolute atomic E-state index is 0.503. The van der Waals surface area contributed by atoms with Crippen LogP contribution in [0.25, 0.3) is 0 Å². The van der Waals surface area contributed by atoms with Crippen LogP contribution in [-0.2, 0) is 4.79 Å². The molecule has 4 N–H and O–H groups in total. The lowest BCUT2D eigenvalue weighted by atomic mass is 10.1. The molecule has 0 fully saturated rings. The van der Waals surface area contributed by atoms with E-state index in [-0.39, 0.29) is 0 Å². The minimum Gasteiger partial charge on any atom is -0.480 e. The zero-order valence-corrected chi connectivity index (χ0v) is 7.34. The molecule has 0 aliphatic heterocycles. The lowest BCUT2D eigenvalue weighted by Gasteiger charge is -2.04. The van der Waals surface area contributed by atoms with Crippen LogP contribution in [0.15, 0.2) is 0 Å². The fourth-order valence-corrected chi connectivity index (χ4v) is 0.878. The average Bonchev–Trinajstić information content (AvgIpc) is 1.97. The molecule has 0 aromatic heterocycles. The van der Waals surface area contributed by atoms with Gasteiger partial charge in [-0.25, -0.2) is 0 Å². The van der Waals surface area contributed by atoms with E-state index in [1.807, 2.05) is 0 Å². The van der Waals surface area contributed by atoms with Crippen LogP contribution < -0.4 is 5.73 Å². The van der Waals surface area contributed by atoms with Crippen LogP contribution in [0.5, 0.6) is 0 Å². The highest BCUT2D eigenvalue weighted by molar-refractivity contribution is 5.78. The van der Waals surface area contributed by atoms with Crippen LogP contribution in [0.3, 0.4) is 0 Å². The van der Waals surface area contributed by atoms with Gasteiger partial charge in [-0.05, 0) is 26.2 Å². The number of hydrogen-bond acceptors (Lipinski definition) is 3. The van der Waals surface area contributed by atoms with Gasteiger partial charge in [0.15, 0.2) is 0 Å². The van der Waals surface area contributed by atoms with Gasteiger partial charge in [0.1, 0.15) is 6.04 Å². The number of unbranched alkanes of at least 4 members (excludes halogenated alkanes) is 1. The summed E-state index contributed by atoms with van der Waals surface area (Å²) in [4.78, 5) is 10.3. The fourth-order valence-electron chi connectivity index (χ4n) is 0.878. The Kier molecular flexibility index (Phi) is 5.28. The Morgan fingerprint density at radius 2 is 2.17 bits per heavy atom. The molecule has 0 unspecified atom stereocenters. The van der Waals surface area contributed by atoms with Gasteiger partial charge in [-0.1, -0.05) is 6.42 Å². The molecule has 0 aliphatic carbocycles. The van der Waals surface area contributed by atoms with Gasteiger partial charge in [0.05, 0.1) is 0 Å². The van der Waals surface area contributed by atoms with Gasteiger partial charge < -0.3 is 16.2 Å². The highest BCUT2D eigenvalue weighted by Gasteiger charge is 2.09. The van der Waals surface area contributed by atoms with Crippen molar-refractivity contribution in [3.63, 3.8) is 0 Å². The molecule has 70 valence electrons. The first-order valence-corrected chi connectivity index (χ1v) is 4.06. The predicted octanol–water partition coefficient (Wildman–Crippen LogP) is 0.998.